The molecule has 0 saturated carbocycles. The summed E-state index contributed by atoms with van der Waals surface area (Å²) in [5.41, 5.74) is 4.33. The van der Waals surface area contributed by atoms with Crippen LogP contribution < -0.4 is 5.32 Å². The molecule has 1 heterocycles. The van der Waals surface area contributed by atoms with Gasteiger partial charge in [-0.3, -0.25) is 0 Å². The lowest BCUT2D eigenvalue weighted by atomic mass is 9.91. The average Bonchev–Trinajstić information content (AvgIpc) is 3.00. The van der Waals surface area contributed by atoms with Gasteiger partial charge in [-0.1, -0.05) is 56.0 Å². The summed E-state index contributed by atoms with van der Waals surface area (Å²) in [6, 6.07) is 8.83. The lowest BCUT2D eigenvalue weighted by Gasteiger charge is -2.17. The van der Waals surface area contributed by atoms with E-state index in [0.29, 0.717) is 0 Å². The number of allylic oxidation sites excluding steroid dienone is 2. The smallest absolute Gasteiger partial charge is 0.0722 e. The molecule has 1 aromatic rings. The number of rotatable bonds is 10. The van der Waals surface area contributed by atoms with Crippen LogP contribution in [-0.2, 0) is 11.3 Å². The molecule has 1 saturated heterocycles. The first-order valence-electron chi connectivity index (χ1n) is 11.5. The quantitative estimate of drug-likeness (QED) is 0.475. The molecule has 0 aromatic heterocycles. The summed E-state index contributed by atoms with van der Waals surface area (Å²) in [5.74, 6) is 0.925. The van der Waals surface area contributed by atoms with Crippen LogP contribution in [0.2, 0.25) is 0 Å². The molecule has 0 radical (unpaired) electrons. The van der Waals surface area contributed by atoms with Crippen molar-refractivity contribution in [3.05, 3.63) is 41.5 Å². The van der Waals surface area contributed by atoms with Gasteiger partial charge in [0.15, 0.2) is 0 Å². The molecule has 150 valence electrons. The molecular formula is C25H39NO. The number of nitrogens with one attached hydrogen (secondary N) is 1. The van der Waals surface area contributed by atoms with E-state index in [1.54, 1.807) is 0 Å². The molecule has 27 heavy (non-hydrogen) atoms. The van der Waals surface area contributed by atoms with E-state index in [9.17, 15) is 0 Å². The normalized spacial score (nSPS) is 20.9. The zero-order chi connectivity index (χ0) is 18.6. The fraction of sp³-hybridized carbons (Fsp3) is 0.680. The summed E-state index contributed by atoms with van der Waals surface area (Å²) in [6.07, 6.45) is 18.5. The maximum absolute atomic E-state index is 6.03. The molecule has 0 bridgehead atoms. The van der Waals surface area contributed by atoms with Crippen LogP contribution in [0.1, 0.15) is 88.2 Å². The Balaban J connectivity index is 1.28. The number of hydrogen-bond donors (Lipinski definition) is 1. The van der Waals surface area contributed by atoms with E-state index in [4.69, 9.17) is 4.74 Å². The van der Waals surface area contributed by atoms with Crippen LogP contribution in [0, 0.1) is 5.92 Å². The van der Waals surface area contributed by atoms with Crippen molar-refractivity contribution in [1.29, 1.82) is 0 Å². The van der Waals surface area contributed by atoms with Gasteiger partial charge >= 0.3 is 0 Å². The fourth-order valence-corrected chi connectivity index (χ4v) is 4.55. The third-order valence-corrected chi connectivity index (χ3v) is 6.21. The Hall–Kier alpha value is -1.12. The van der Waals surface area contributed by atoms with Gasteiger partial charge in [0.25, 0.3) is 0 Å². The Bertz CT molecular complexity index is 557. The molecule has 2 aliphatic rings. The predicted octanol–water partition coefficient (Wildman–Crippen LogP) is 6.50. The van der Waals surface area contributed by atoms with Crippen LogP contribution in [-0.4, -0.2) is 19.7 Å². The minimum atomic E-state index is 0.765. The fourth-order valence-electron chi connectivity index (χ4n) is 4.55. The number of unbranched alkanes of at least 4 members (excludes halogenated alkanes) is 3. The molecule has 1 unspecified atom stereocenters. The Kier molecular flexibility index (Phi) is 9.44. The summed E-state index contributed by atoms with van der Waals surface area (Å²) in [4.78, 5) is 0. The maximum atomic E-state index is 6.03. The van der Waals surface area contributed by atoms with E-state index in [1.165, 1.54) is 107 Å². The van der Waals surface area contributed by atoms with E-state index >= 15 is 0 Å². The van der Waals surface area contributed by atoms with Crippen LogP contribution in [0.3, 0.4) is 0 Å². The zero-order valence-corrected chi connectivity index (χ0v) is 17.2. The maximum Gasteiger partial charge on any atom is 0.0722 e. The summed E-state index contributed by atoms with van der Waals surface area (Å²) in [6.45, 7) is 4.15. The SMILES string of the molecule is C1=C(c2ccccc2COCCCCCCC2CCCCNC2)CCCC1. The van der Waals surface area contributed by atoms with Gasteiger partial charge in [-0.2, -0.15) is 0 Å². The van der Waals surface area contributed by atoms with Crippen molar-refractivity contribution in [2.75, 3.05) is 19.7 Å². The van der Waals surface area contributed by atoms with Gasteiger partial charge in [0.2, 0.25) is 0 Å². The molecule has 1 atom stereocenters. The van der Waals surface area contributed by atoms with Crippen molar-refractivity contribution in [2.45, 2.75) is 83.7 Å². The first-order chi connectivity index (χ1) is 13.4. The first kappa shape index (κ1) is 20.6. The summed E-state index contributed by atoms with van der Waals surface area (Å²) in [7, 11) is 0. The van der Waals surface area contributed by atoms with E-state index < -0.39 is 0 Å². The summed E-state index contributed by atoms with van der Waals surface area (Å²) in [5, 5.41) is 3.59. The lowest BCUT2D eigenvalue weighted by molar-refractivity contribution is 0.116. The molecule has 1 aliphatic carbocycles. The van der Waals surface area contributed by atoms with Crippen molar-refractivity contribution in [2.24, 2.45) is 5.92 Å². The van der Waals surface area contributed by atoms with Crippen molar-refractivity contribution in [3.63, 3.8) is 0 Å². The molecule has 0 amide bonds. The predicted molar refractivity (Wildman–Crippen MR) is 116 cm³/mol. The third kappa shape index (κ3) is 7.43. The second-order valence-corrected chi connectivity index (χ2v) is 8.45. The topological polar surface area (TPSA) is 21.3 Å². The zero-order valence-electron chi connectivity index (χ0n) is 17.2. The van der Waals surface area contributed by atoms with Gasteiger partial charge in [0.1, 0.15) is 0 Å². The standard InChI is InChI=1S/C25H39NO/c1(4-12-22-13-9-10-18-26-20-22)2-11-19-27-21-24-16-7-8-17-25(24)23-14-5-3-6-15-23/h7-8,14,16-17,22,26H,1-6,9-13,15,18-21H2. The first-order valence-corrected chi connectivity index (χ1v) is 11.5. The molecule has 2 nitrogen and oxygen atoms in total. The van der Waals surface area contributed by atoms with Crippen LogP contribution in [0.25, 0.3) is 5.57 Å². The molecule has 1 aromatic carbocycles. The van der Waals surface area contributed by atoms with E-state index in [1.807, 2.05) is 0 Å². The number of benzene rings is 1. The van der Waals surface area contributed by atoms with Gasteiger partial charge < -0.3 is 10.1 Å². The Morgan fingerprint density at radius 1 is 0.963 bits per heavy atom. The Labute approximate surface area is 166 Å². The largest absolute Gasteiger partial charge is 0.377 e. The van der Waals surface area contributed by atoms with Crippen LogP contribution in [0.4, 0.5) is 0 Å². The second-order valence-electron chi connectivity index (χ2n) is 8.45. The Morgan fingerprint density at radius 3 is 2.81 bits per heavy atom. The molecule has 3 rings (SSSR count). The highest BCUT2D eigenvalue weighted by molar-refractivity contribution is 5.68. The third-order valence-electron chi connectivity index (χ3n) is 6.21. The van der Waals surface area contributed by atoms with Crippen LogP contribution in [0.5, 0.6) is 0 Å². The van der Waals surface area contributed by atoms with Crippen LogP contribution >= 0.6 is 0 Å². The molecule has 1 N–H and O–H groups in total. The minimum Gasteiger partial charge on any atom is -0.377 e. The molecule has 1 fully saturated rings. The van der Waals surface area contributed by atoms with E-state index in [0.717, 1.165) is 19.1 Å². The molecule has 1 aliphatic heterocycles. The van der Waals surface area contributed by atoms with Crippen molar-refractivity contribution in [1.82, 2.24) is 5.32 Å². The highest BCUT2D eigenvalue weighted by Crippen LogP contribution is 2.29. The number of hydrogen-bond acceptors (Lipinski definition) is 2. The lowest BCUT2D eigenvalue weighted by Crippen LogP contribution is -2.20. The van der Waals surface area contributed by atoms with Crippen molar-refractivity contribution < 1.29 is 4.74 Å². The van der Waals surface area contributed by atoms with Gasteiger partial charge in [-0.15, -0.1) is 0 Å². The minimum absolute atomic E-state index is 0.765. The number of ether oxygens (including phenoxy) is 1. The average molecular weight is 370 g/mol. The van der Waals surface area contributed by atoms with E-state index in [2.05, 4.69) is 35.7 Å². The highest BCUT2D eigenvalue weighted by Gasteiger charge is 2.11. The highest BCUT2D eigenvalue weighted by atomic mass is 16.5. The van der Waals surface area contributed by atoms with E-state index in [-0.39, 0.29) is 0 Å². The molecule has 0 spiro atoms. The van der Waals surface area contributed by atoms with Crippen molar-refractivity contribution >= 4 is 5.57 Å². The second kappa shape index (κ2) is 12.4. The van der Waals surface area contributed by atoms with Crippen LogP contribution in [0.15, 0.2) is 30.3 Å². The molecular weight excluding hydrogens is 330 g/mol. The summed E-state index contributed by atoms with van der Waals surface area (Å²) >= 11 is 0. The Morgan fingerprint density at radius 2 is 1.89 bits per heavy atom. The van der Waals surface area contributed by atoms with Gasteiger partial charge in [-0.05, 0) is 87.1 Å². The van der Waals surface area contributed by atoms with Gasteiger partial charge in [0.05, 0.1) is 6.61 Å². The van der Waals surface area contributed by atoms with Gasteiger partial charge in [-0.25, -0.2) is 0 Å². The van der Waals surface area contributed by atoms with Crippen molar-refractivity contribution in [3.8, 4) is 0 Å². The summed E-state index contributed by atoms with van der Waals surface area (Å²) < 4.78 is 6.03. The van der Waals surface area contributed by atoms with Gasteiger partial charge in [0, 0.05) is 6.61 Å². The monoisotopic (exact) mass is 369 g/mol. The molecule has 2 heteroatoms.